The molecule has 0 spiro atoms. The normalized spacial score (nSPS) is 23.4. The van der Waals surface area contributed by atoms with E-state index in [1.807, 2.05) is 31.2 Å². The molecule has 0 radical (unpaired) electrons. The first-order valence-corrected chi connectivity index (χ1v) is 6.42. The summed E-state index contributed by atoms with van der Waals surface area (Å²) in [5.41, 5.74) is 1.85. The lowest BCUT2D eigenvalue weighted by molar-refractivity contribution is -0.136. The van der Waals surface area contributed by atoms with Gasteiger partial charge in [0.2, 0.25) is 0 Å². The van der Waals surface area contributed by atoms with E-state index in [4.69, 9.17) is 4.74 Å². The van der Waals surface area contributed by atoms with Crippen molar-refractivity contribution in [1.82, 2.24) is 0 Å². The summed E-state index contributed by atoms with van der Waals surface area (Å²) in [6, 6.07) is 7.58. The molecule has 1 aromatic rings. The zero-order chi connectivity index (χ0) is 13.0. The Morgan fingerprint density at radius 3 is 2.56 bits per heavy atom. The van der Waals surface area contributed by atoms with Crippen LogP contribution in [0.15, 0.2) is 24.3 Å². The van der Waals surface area contributed by atoms with E-state index >= 15 is 0 Å². The van der Waals surface area contributed by atoms with Crippen molar-refractivity contribution in [2.75, 3.05) is 0 Å². The van der Waals surface area contributed by atoms with Crippen molar-refractivity contribution < 1.29 is 14.3 Å². The lowest BCUT2D eigenvalue weighted by atomic mass is 9.81. The van der Waals surface area contributed by atoms with E-state index in [1.54, 1.807) is 0 Å². The van der Waals surface area contributed by atoms with Crippen LogP contribution in [0.2, 0.25) is 0 Å². The number of rotatable bonds is 4. The number of ether oxygens (including phenoxy) is 1. The van der Waals surface area contributed by atoms with Crippen molar-refractivity contribution in [3.05, 3.63) is 35.4 Å². The maximum Gasteiger partial charge on any atom is 0.293 e. The highest BCUT2D eigenvalue weighted by Crippen LogP contribution is 2.29. The topological polar surface area (TPSA) is 43.4 Å². The van der Waals surface area contributed by atoms with Gasteiger partial charge in [-0.2, -0.15) is 0 Å². The summed E-state index contributed by atoms with van der Waals surface area (Å²) < 4.78 is 5.06. The van der Waals surface area contributed by atoms with E-state index in [1.165, 1.54) is 0 Å². The maximum atomic E-state index is 12.4. The van der Waals surface area contributed by atoms with Crippen molar-refractivity contribution in [3.8, 4) is 0 Å². The van der Waals surface area contributed by atoms with Gasteiger partial charge in [-0.05, 0) is 26.2 Å². The Kier molecular flexibility index (Phi) is 4.13. The van der Waals surface area contributed by atoms with Gasteiger partial charge in [0.05, 0.1) is 5.92 Å². The minimum absolute atomic E-state index is 0.0987. The highest BCUT2D eigenvalue weighted by molar-refractivity contribution is 5.98. The zero-order valence-corrected chi connectivity index (χ0v) is 10.6. The molecule has 3 heteroatoms. The molecule has 3 nitrogen and oxygen atoms in total. The van der Waals surface area contributed by atoms with Crippen LogP contribution in [0.5, 0.6) is 0 Å². The summed E-state index contributed by atoms with van der Waals surface area (Å²) in [5, 5.41) is 0. The molecule has 2 rings (SSSR count). The van der Waals surface area contributed by atoms with Crippen LogP contribution in [0, 0.1) is 12.8 Å². The quantitative estimate of drug-likeness (QED) is 0.606. The Morgan fingerprint density at radius 1 is 1.22 bits per heavy atom. The van der Waals surface area contributed by atoms with Gasteiger partial charge in [-0.15, -0.1) is 0 Å². The molecule has 2 unspecified atom stereocenters. The van der Waals surface area contributed by atoms with Gasteiger partial charge in [0, 0.05) is 5.56 Å². The third kappa shape index (κ3) is 2.78. The smallest absolute Gasteiger partial charge is 0.293 e. The molecule has 1 saturated carbocycles. The predicted octanol–water partition coefficient (Wildman–Crippen LogP) is 2.91. The molecule has 0 aliphatic heterocycles. The van der Waals surface area contributed by atoms with Gasteiger partial charge in [-0.3, -0.25) is 9.59 Å². The summed E-state index contributed by atoms with van der Waals surface area (Å²) in [6.07, 6.45) is 3.41. The first-order chi connectivity index (χ1) is 8.72. The number of hydrogen-bond acceptors (Lipinski definition) is 3. The van der Waals surface area contributed by atoms with Crippen molar-refractivity contribution in [3.63, 3.8) is 0 Å². The van der Waals surface area contributed by atoms with Crippen molar-refractivity contribution >= 4 is 12.3 Å². The molecule has 1 aromatic carbocycles. The van der Waals surface area contributed by atoms with E-state index in [-0.39, 0.29) is 17.8 Å². The SMILES string of the molecule is Cc1ccc(C(=O)C2CCCCC2OC=O)cc1. The van der Waals surface area contributed by atoms with Crippen LogP contribution in [-0.2, 0) is 9.53 Å². The Morgan fingerprint density at radius 2 is 1.89 bits per heavy atom. The van der Waals surface area contributed by atoms with Gasteiger partial charge in [-0.25, -0.2) is 0 Å². The molecule has 2 atom stereocenters. The fourth-order valence-electron chi connectivity index (χ4n) is 2.56. The minimum Gasteiger partial charge on any atom is -0.464 e. The van der Waals surface area contributed by atoms with Crippen molar-refractivity contribution in [2.24, 2.45) is 5.92 Å². The summed E-state index contributed by atoms with van der Waals surface area (Å²) in [6.45, 7) is 2.46. The molecular formula is C15H18O3. The Balaban J connectivity index is 2.15. The monoisotopic (exact) mass is 246 g/mol. The molecule has 0 aromatic heterocycles. The van der Waals surface area contributed by atoms with E-state index in [0.29, 0.717) is 12.0 Å². The standard InChI is InChI=1S/C15H18O3/c1-11-6-8-12(9-7-11)15(17)13-4-2-3-5-14(13)18-10-16/h6-10,13-14H,2-5H2,1H3. The van der Waals surface area contributed by atoms with Crippen LogP contribution >= 0.6 is 0 Å². The van der Waals surface area contributed by atoms with Gasteiger partial charge < -0.3 is 4.74 Å². The molecule has 0 heterocycles. The average molecular weight is 246 g/mol. The number of Topliss-reactive ketones (excluding diaryl/α,β-unsaturated/α-hetero) is 1. The summed E-state index contributed by atoms with van der Waals surface area (Å²) in [5.74, 6) is -0.0757. The highest BCUT2D eigenvalue weighted by Gasteiger charge is 2.32. The molecule has 1 fully saturated rings. The van der Waals surface area contributed by atoms with E-state index in [2.05, 4.69) is 0 Å². The molecule has 0 N–H and O–H groups in total. The van der Waals surface area contributed by atoms with Crippen LogP contribution < -0.4 is 0 Å². The molecular weight excluding hydrogens is 228 g/mol. The second kappa shape index (κ2) is 5.80. The van der Waals surface area contributed by atoms with Gasteiger partial charge in [0.1, 0.15) is 6.10 Å². The van der Waals surface area contributed by atoms with Crippen LogP contribution in [0.3, 0.4) is 0 Å². The number of hydrogen-bond donors (Lipinski definition) is 0. The lowest BCUT2D eigenvalue weighted by Crippen LogP contribution is -2.33. The first-order valence-electron chi connectivity index (χ1n) is 6.42. The average Bonchev–Trinajstić information content (AvgIpc) is 2.40. The molecule has 1 aliphatic carbocycles. The maximum absolute atomic E-state index is 12.4. The fourth-order valence-corrected chi connectivity index (χ4v) is 2.56. The zero-order valence-electron chi connectivity index (χ0n) is 10.6. The first kappa shape index (κ1) is 12.8. The number of benzene rings is 1. The number of carbonyl (C=O) groups is 2. The van der Waals surface area contributed by atoms with Gasteiger partial charge in [-0.1, -0.05) is 36.2 Å². The molecule has 1 aliphatic rings. The molecule has 0 saturated heterocycles. The van der Waals surface area contributed by atoms with Gasteiger partial charge in [0.25, 0.3) is 6.47 Å². The van der Waals surface area contributed by atoms with E-state index in [0.717, 1.165) is 31.2 Å². The lowest BCUT2D eigenvalue weighted by Gasteiger charge is -2.28. The summed E-state index contributed by atoms with van der Waals surface area (Å²) in [4.78, 5) is 22.9. The molecule has 0 amide bonds. The van der Waals surface area contributed by atoms with Crippen molar-refractivity contribution in [2.45, 2.75) is 38.7 Å². The molecule has 0 bridgehead atoms. The van der Waals surface area contributed by atoms with Gasteiger partial charge >= 0.3 is 0 Å². The van der Waals surface area contributed by atoms with Crippen molar-refractivity contribution in [1.29, 1.82) is 0 Å². The number of carbonyl (C=O) groups excluding carboxylic acids is 2. The Bertz CT molecular complexity index is 422. The van der Waals surface area contributed by atoms with E-state index in [9.17, 15) is 9.59 Å². The van der Waals surface area contributed by atoms with Crippen LogP contribution in [0.4, 0.5) is 0 Å². The van der Waals surface area contributed by atoms with Crippen LogP contribution in [-0.4, -0.2) is 18.4 Å². The molecule has 96 valence electrons. The van der Waals surface area contributed by atoms with E-state index < -0.39 is 0 Å². The van der Waals surface area contributed by atoms with Gasteiger partial charge in [0.15, 0.2) is 5.78 Å². The van der Waals surface area contributed by atoms with Crippen LogP contribution in [0.25, 0.3) is 0 Å². The predicted molar refractivity (Wildman–Crippen MR) is 68.4 cm³/mol. The third-order valence-electron chi connectivity index (χ3n) is 3.61. The Labute approximate surface area is 107 Å². The summed E-state index contributed by atoms with van der Waals surface area (Å²) >= 11 is 0. The number of ketones is 1. The second-order valence-corrected chi connectivity index (χ2v) is 4.89. The third-order valence-corrected chi connectivity index (χ3v) is 3.61. The minimum atomic E-state index is -0.245. The Hall–Kier alpha value is -1.64. The second-order valence-electron chi connectivity index (χ2n) is 4.89. The number of aryl methyl sites for hydroxylation is 1. The summed E-state index contributed by atoms with van der Waals surface area (Å²) in [7, 11) is 0. The highest BCUT2D eigenvalue weighted by atomic mass is 16.5. The molecule has 18 heavy (non-hydrogen) atoms. The fraction of sp³-hybridized carbons (Fsp3) is 0.467. The van der Waals surface area contributed by atoms with Crippen LogP contribution in [0.1, 0.15) is 41.6 Å². The largest absolute Gasteiger partial charge is 0.464 e.